The fourth-order valence-corrected chi connectivity index (χ4v) is 4.05. The highest BCUT2D eigenvalue weighted by molar-refractivity contribution is 4.90. The summed E-state index contributed by atoms with van der Waals surface area (Å²) in [5.41, 5.74) is 0. The van der Waals surface area contributed by atoms with E-state index in [1.54, 1.807) is 0 Å². The fraction of sp³-hybridized carbons (Fsp3) is 1.00. The largest absolute Gasteiger partial charge is 0.375 e. The zero-order valence-electron chi connectivity index (χ0n) is 11.7. The average Bonchev–Trinajstić information content (AvgIpc) is 2.39. The van der Waals surface area contributed by atoms with Crippen LogP contribution in [0.3, 0.4) is 0 Å². The van der Waals surface area contributed by atoms with Crippen LogP contribution >= 0.6 is 0 Å². The quantitative estimate of drug-likeness (QED) is 0.814. The van der Waals surface area contributed by atoms with Crippen molar-refractivity contribution in [2.45, 2.75) is 63.6 Å². The summed E-state index contributed by atoms with van der Waals surface area (Å²) < 4.78 is 5.96. The third-order valence-electron chi connectivity index (χ3n) is 5.06. The highest BCUT2D eigenvalue weighted by Crippen LogP contribution is 2.29. The molecule has 3 heteroatoms. The molecule has 3 aliphatic rings. The first-order valence-corrected chi connectivity index (χ1v) is 7.92. The molecule has 104 valence electrons. The molecule has 0 spiro atoms. The minimum absolute atomic E-state index is 0.536. The summed E-state index contributed by atoms with van der Waals surface area (Å²) in [6.45, 7) is 6.95. The molecule has 3 nitrogen and oxygen atoms in total. The van der Waals surface area contributed by atoms with Crippen molar-refractivity contribution in [3.63, 3.8) is 0 Å². The lowest BCUT2D eigenvalue weighted by molar-refractivity contribution is -0.0910. The molecule has 2 heterocycles. The van der Waals surface area contributed by atoms with Crippen molar-refractivity contribution >= 4 is 0 Å². The number of fused-ring (bicyclic) bond motifs is 1. The number of nitrogens with one attached hydrogen (secondary N) is 1. The van der Waals surface area contributed by atoms with Gasteiger partial charge in [-0.3, -0.25) is 4.90 Å². The molecular formula is C15H28N2O. The molecule has 3 fully saturated rings. The van der Waals surface area contributed by atoms with Crippen LogP contribution in [0.15, 0.2) is 0 Å². The molecule has 1 saturated carbocycles. The monoisotopic (exact) mass is 252 g/mol. The highest BCUT2D eigenvalue weighted by Gasteiger charge is 2.35. The van der Waals surface area contributed by atoms with Crippen molar-refractivity contribution in [1.29, 1.82) is 0 Å². The first-order chi connectivity index (χ1) is 8.83. The van der Waals surface area contributed by atoms with Gasteiger partial charge in [-0.25, -0.2) is 0 Å². The smallest absolute Gasteiger partial charge is 0.0730 e. The van der Waals surface area contributed by atoms with Gasteiger partial charge in [0.05, 0.1) is 12.7 Å². The molecule has 2 saturated heterocycles. The lowest BCUT2D eigenvalue weighted by Gasteiger charge is -2.45. The maximum atomic E-state index is 5.96. The van der Waals surface area contributed by atoms with Crippen LogP contribution in [0.5, 0.6) is 0 Å². The van der Waals surface area contributed by atoms with Crippen molar-refractivity contribution in [3.8, 4) is 0 Å². The van der Waals surface area contributed by atoms with E-state index in [4.69, 9.17) is 4.74 Å². The Bertz CT molecular complexity index is 269. The van der Waals surface area contributed by atoms with Gasteiger partial charge >= 0.3 is 0 Å². The summed E-state index contributed by atoms with van der Waals surface area (Å²) in [7, 11) is 0. The van der Waals surface area contributed by atoms with Gasteiger partial charge in [-0.15, -0.1) is 0 Å². The molecule has 0 radical (unpaired) electrons. The molecule has 18 heavy (non-hydrogen) atoms. The van der Waals surface area contributed by atoms with Gasteiger partial charge < -0.3 is 10.1 Å². The molecule has 0 aromatic heterocycles. The van der Waals surface area contributed by atoms with Crippen molar-refractivity contribution in [2.24, 2.45) is 5.92 Å². The zero-order chi connectivity index (χ0) is 12.4. The Morgan fingerprint density at radius 3 is 3.00 bits per heavy atom. The van der Waals surface area contributed by atoms with Crippen LogP contribution in [-0.4, -0.2) is 49.3 Å². The van der Waals surface area contributed by atoms with Crippen molar-refractivity contribution in [1.82, 2.24) is 10.2 Å². The van der Waals surface area contributed by atoms with Crippen LogP contribution < -0.4 is 5.32 Å². The zero-order valence-corrected chi connectivity index (χ0v) is 11.7. The van der Waals surface area contributed by atoms with Gasteiger partial charge in [-0.05, 0) is 38.1 Å². The molecule has 3 rings (SSSR count). The summed E-state index contributed by atoms with van der Waals surface area (Å²) in [6, 6.07) is 1.43. The summed E-state index contributed by atoms with van der Waals surface area (Å²) in [4.78, 5) is 2.73. The molecule has 0 aromatic carbocycles. The molecule has 1 N–H and O–H groups in total. The van der Waals surface area contributed by atoms with Gasteiger partial charge in [-0.2, -0.15) is 0 Å². The van der Waals surface area contributed by atoms with E-state index >= 15 is 0 Å². The van der Waals surface area contributed by atoms with E-state index in [9.17, 15) is 0 Å². The molecule has 0 aromatic rings. The summed E-state index contributed by atoms with van der Waals surface area (Å²) in [6.07, 6.45) is 8.65. The third-order valence-corrected chi connectivity index (χ3v) is 5.06. The predicted octanol–water partition coefficient (Wildman–Crippen LogP) is 2.02. The normalized spacial score (nSPS) is 42.5. The van der Waals surface area contributed by atoms with Crippen molar-refractivity contribution in [2.75, 3.05) is 26.2 Å². The van der Waals surface area contributed by atoms with Crippen LogP contribution in [0, 0.1) is 5.92 Å². The predicted molar refractivity (Wildman–Crippen MR) is 73.8 cm³/mol. The molecule has 0 bridgehead atoms. The minimum atomic E-state index is 0.536. The Kier molecular flexibility index (Phi) is 4.22. The molecule has 4 atom stereocenters. The van der Waals surface area contributed by atoms with Gasteiger partial charge in [0.2, 0.25) is 0 Å². The number of rotatable bonds is 2. The fourth-order valence-electron chi connectivity index (χ4n) is 4.05. The molecule has 1 aliphatic carbocycles. The Morgan fingerprint density at radius 1 is 1.22 bits per heavy atom. The van der Waals surface area contributed by atoms with Gasteiger partial charge in [0.15, 0.2) is 0 Å². The number of ether oxygens (including phenoxy) is 1. The molecule has 2 aliphatic heterocycles. The van der Waals surface area contributed by atoms with Gasteiger partial charge in [0.25, 0.3) is 0 Å². The van der Waals surface area contributed by atoms with Crippen LogP contribution in [0.2, 0.25) is 0 Å². The summed E-state index contributed by atoms with van der Waals surface area (Å²) in [5, 5.41) is 3.71. The topological polar surface area (TPSA) is 24.5 Å². The van der Waals surface area contributed by atoms with E-state index in [1.807, 2.05) is 0 Å². The number of hydrogen-bond acceptors (Lipinski definition) is 3. The lowest BCUT2D eigenvalue weighted by Crippen LogP contribution is -2.56. The van der Waals surface area contributed by atoms with Crippen LogP contribution in [0.1, 0.15) is 45.4 Å². The van der Waals surface area contributed by atoms with Crippen molar-refractivity contribution in [3.05, 3.63) is 0 Å². The number of morpholine rings is 1. The second kappa shape index (κ2) is 5.89. The second-order valence-corrected chi connectivity index (χ2v) is 6.54. The lowest BCUT2D eigenvalue weighted by atomic mass is 9.88. The summed E-state index contributed by atoms with van der Waals surface area (Å²) >= 11 is 0. The third kappa shape index (κ3) is 2.89. The van der Waals surface area contributed by atoms with E-state index in [2.05, 4.69) is 17.1 Å². The van der Waals surface area contributed by atoms with E-state index in [-0.39, 0.29) is 0 Å². The standard InChI is InChI=1S/C15H28N2O/c1-12-6-7-16-13(10-12)11-17-8-9-18-15-5-3-2-4-14(15)17/h12-16H,2-11H2,1H3. The molecule has 0 amide bonds. The van der Waals surface area contributed by atoms with Crippen LogP contribution in [0.25, 0.3) is 0 Å². The molecular weight excluding hydrogens is 224 g/mol. The summed E-state index contributed by atoms with van der Waals surface area (Å²) in [5.74, 6) is 0.902. The van der Waals surface area contributed by atoms with Crippen LogP contribution in [0.4, 0.5) is 0 Å². The van der Waals surface area contributed by atoms with Crippen LogP contribution in [-0.2, 0) is 4.74 Å². The maximum Gasteiger partial charge on any atom is 0.0730 e. The highest BCUT2D eigenvalue weighted by atomic mass is 16.5. The van der Waals surface area contributed by atoms with E-state index in [1.165, 1.54) is 51.6 Å². The molecule has 4 unspecified atom stereocenters. The minimum Gasteiger partial charge on any atom is -0.375 e. The van der Waals surface area contributed by atoms with Crippen molar-refractivity contribution < 1.29 is 4.74 Å². The maximum absolute atomic E-state index is 5.96. The Balaban J connectivity index is 1.57. The first kappa shape index (κ1) is 12.9. The SMILES string of the molecule is CC1CCNC(CN2CCOC3CCCCC32)C1. The van der Waals surface area contributed by atoms with Gasteiger partial charge in [0, 0.05) is 25.2 Å². The first-order valence-electron chi connectivity index (χ1n) is 7.92. The number of piperidine rings is 1. The average molecular weight is 252 g/mol. The Morgan fingerprint density at radius 2 is 2.11 bits per heavy atom. The van der Waals surface area contributed by atoms with E-state index < -0.39 is 0 Å². The van der Waals surface area contributed by atoms with E-state index in [0.29, 0.717) is 12.1 Å². The second-order valence-electron chi connectivity index (χ2n) is 6.54. The number of nitrogens with zero attached hydrogens (tertiary/aromatic N) is 1. The number of hydrogen-bond donors (Lipinski definition) is 1. The Labute approximate surface area is 111 Å². The Hall–Kier alpha value is -0.120. The van der Waals surface area contributed by atoms with Gasteiger partial charge in [-0.1, -0.05) is 19.8 Å². The van der Waals surface area contributed by atoms with E-state index in [0.717, 1.165) is 25.1 Å². The van der Waals surface area contributed by atoms with Gasteiger partial charge in [0.1, 0.15) is 0 Å².